The molecule has 0 radical (unpaired) electrons. The Balaban J connectivity index is 1.59. The molecule has 0 atom stereocenters. The van der Waals surface area contributed by atoms with Crippen LogP contribution in [0, 0.1) is 0 Å². The van der Waals surface area contributed by atoms with Crippen molar-refractivity contribution in [3.05, 3.63) is 48.0 Å². The largest absolute Gasteiger partial charge is 0.497 e. The monoisotopic (exact) mass is 410 g/mol. The summed E-state index contributed by atoms with van der Waals surface area (Å²) in [7, 11) is 3.11. The number of aromatic nitrogens is 2. The molecule has 0 aliphatic carbocycles. The van der Waals surface area contributed by atoms with Gasteiger partial charge in [-0.25, -0.2) is 4.98 Å². The van der Waals surface area contributed by atoms with E-state index in [1.54, 1.807) is 32.4 Å². The van der Waals surface area contributed by atoms with Gasteiger partial charge in [0.1, 0.15) is 11.5 Å². The number of hydrogen-bond donors (Lipinski definition) is 1. The number of amides is 1. The summed E-state index contributed by atoms with van der Waals surface area (Å²) in [5.41, 5.74) is 2.28. The van der Waals surface area contributed by atoms with E-state index in [9.17, 15) is 4.79 Å². The van der Waals surface area contributed by atoms with Gasteiger partial charge < -0.3 is 18.8 Å². The first kappa shape index (κ1) is 20.2. The highest BCUT2D eigenvalue weighted by Crippen LogP contribution is 2.24. The van der Waals surface area contributed by atoms with E-state index in [0.29, 0.717) is 23.0 Å². The summed E-state index contributed by atoms with van der Waals surface area (Å²) in [6.45, 7) is 4.92. The highest BCUT2D eigenvalue weighted by molar-refractivity contribution is 6.04. The molecule has 8 nitrogen and oxygen atoms in total. The van der Waals surface area contributed by atoms with Crippen LogP contribution in [0.1, 0.15) is 10.4 Å². The number of methoxy groups -OCH3 is 2. The summed E-state index contributed by atoms with van der Waals surface area (Å²) in [4.78, 5) is 20.0. The van der Waals surface area contributed by atoms with Crippen LogP contribution in [0.15, 0.2) is 42.5 Å². The number of imidazole rings is 1. The molecule has 1 aromatic heterocycles. The molecule has 2 heterocycles. The van der Waals surface area contributed by atoms with E-state index in [1.807, 2.05) is 24.3 Å². The zero-order valence-electron chi connectivity index (χ0n) is 17.3. The summed E-state index contributed by atoms with van der Waals surface area (Å²) < 4.78 is 18.0. The minimum Gasteiger partial charge on any atom is -0.497 e. The molecule has 1 amide bonds. The van der Waals surface area contributed by atoms with Crippen LogP contribution in [0.2, 0.25) is 0 Å². The van der Waals surface area contributed by atoms with Gasteiger partial charge in [-0.1, -0.05) is 12.1 Å². The fraction of sp³-hybridized carbons (Fsp3) is 0.364. The number of fused-ring (bicyclic) bond motifs is 1. The van der Waals surface area contributed by atoms with Crippen molar-refractivity contribution in [1.82, 2.24) is 14.5 Å². The normalized spacial score (nSPS) is 14.6. The van der Waals surface area contributed by atoms with E-state index >= 15 is 0 Å². The van der Waals surface area contributed by atoms with Crippen molar-refractivity contribution >= 4 is 22.9 Å². The van der Waals surface area contributed by atoms with Crippen molar-refractivity contribution in [3.63, 3.8) is 0 Å². The second-order valence-corrected chi connectivity index (χ2v) is 7.09. The van der Waals surface area contributed by atoms with Gasteiger partial charge >= 0.3 is 0 Å². The maximum Gasteiger partial charge on any atom is 0.258 e. The topological polar surface area (TPSA) is 77.8 Å². The average molecular weight is 410 g/mol. The zero-order chi connectivity index (χ0) is 20.9. The number of nitrogens with one attached hydrogen (secondary N) is 1. The number of carbonyl (C=O) groups excluding carboxylic acids is 1. The lowest BCUT2D eigenvalue weighted by atomic mass is 10.2. The van der Waals surface area contributed by atoms with E-state index in [-0.39, 0.29) is 5.91 Å². The van der Waals surface area contributed by atoms with Crippen LogP contribution < -0.4 is 14.8 Å². The van der Waals surface area contributed by atoms with Gasteiger partial charge in [-0.05, 0) is 24.3 Å². The highest BCUT2D eigenvalue weighted by atomic mass is 16.5. The maximum atomic E-state index is 13.0. The summed E-state index contributed by atoms with van der Waals surface area (Å²) >= 11 is 0. The Morgan fingerprint density at radius 2 is 1.77 bits per heavy atom. The molecule has 1 saturated heterocycles. The Hall–Kier alpha value is -3.10. The van der Waals surface area contributed by atoms with Crippen molar-refractivity contribution in [2.24, 2.45) is 0 Å². The van der Waals surface area contributed by atoms with Crippen LogP contribution >= 0.6 is 0 Å². The number of para-hydroxylation sites is 2. The Kier molecular flexibility index (Phi) is 6.15. The van der Waals surface area contributed by atoms with E-state index in [1.165, 1.54) is 0 Å². The first-order valence-electron chi connectivity index (χ1n) is 9.97. The third-order valence-electron chi connectivity index (χ3n) is 5.24. The second-order valence-electron chi connectivity index (χ2n) is 7.09. The molecule has 1 N–H and O–H groups in total. The number of nitrogens with zero attached hydrogens (tertiary/aromatic N) is 3. The number of ether oxygens (including phenoxy) is 3. The van der Waals surface area contributed by atoms with Crippen LogP contribution in [0.4, 0.5) is 5.95 Å². The highest BCUT2D eigenvalue weighted by Gasteiger charge is 2.17. The van der Waals surface area contributed by atoms with E-state index in [0.717, 1.165) is 50.4 Å². The lowest BCUT2D eigenvalue weighted by molar-refractivity contribution is 0.0366. The summed E-state index contributed by atoms with van der Waals surface area (Å²) in [5.74, 6) is 1.37. The molecule has 3 aromatic rings. The molecule has 4 rings (SSSR count). The number of rotatable bonds is 7. The van der Waals surface area contributed by atoms with Crippen molar-refractivity contribution in [1.29, 1.82) is 0 Å². The van der Waals surface area contributed by atoms with Crippen LogP contribution in [0.3, 0.4) is 0 Å². The SMILES string of the molecule is COc1cc(OC)cc(C(=O)Nc2nc3ccccc3n2CCN2CCOCC2)c1. The number of carbonyl (C=O) groups is 1. The van der Waals surface area contributed by atoms with Gasteiger partial charge in [0, 0.05) is 37.8 Å². The zero-order valence-corrected chi connectivity index (χ0v) is 17.3. The minimum absolute atomic E-state index is 0.268. The lowest BCUT2D eigenvalue weighted by Crippen LogP contribution is -2.38. The van der Waals surface area contributed by atoms with Gasteiger partial charge in [-0.15, -0.1) is 0 Å². The second kappa shape index (κ2) is 9.15. The minimum atomic E-state index is -0.268. The van der Waals surface area contributed by atoms with Crippen molar-refractivity contribution in [2.75, 3.05) is 52.4 Å². The quantitative estimate of drug-likeness (QED) is 0.645. The van der Waals surface area contributed by atoms with Crippen molar-refractivity contribution in [2.45, 2.75) is 6.54 Å². The molecule has 0 spiro atoms. The standard InChI is InChI=1S/C22H26N4O4/c1-28-17-13-16(14-18(15-17)29-2)21(27)24-22-23-19-5-3-4-6-20(19)26(22)8-7-25-9-11-30-12-10-25/h3-6,13-15H,7-12H2,1-2H3,(H,23,24,27). The fourth-order valence-corrected chi connectivity index (χ4v) is 3.58. The van der Waals surface area contributed by atoms with E-state index in [4.69, 9.17) is 14.2 Å². The molecular formula is C22H26N4O4. The third kappa shape index (κ3) is 4.39. The molecule has 1 aliphatic rings. The molecule has 30 heavy (non-hydrogen) atoms. The fourth-order valence-electron chi connectivity index (χ4n) is 3.58. The summed E-state index contributed by atoms with van der Waals surface area (Å²) in [6, 6.07) is 13.0. The van der Waals surface area contributed by atoms with E-state index in [2.05, 4.69) is 19.8 Å². The van der Waals surface area contributed by atoms with Crippen molar-refractivity contribution in [3.8, 4) is 11.5 Å². The third-order valence-corrected chi connectivity index (χ3v) is 5.24. The molecule has 1 fully saturated rings. The van der Waals surface area contributed by atoms with E-state index < -0.39 is 0 Å². The van der Waals surface area contributed by atoms with Crippen LogP contribution in [-0.4, -0.2) is 67.4 Å². The molecule has 1 aliphatic heterocycles. The van der Waals surface area contributed by atoms with Crippen LogP contribution in [0.25, 0.3) is 11.0 Å². The van der Waals surface area contributed by atoms with Crippen molar-refractivity contribution < 1.29 is 19.0 Å². The van der Waals surface area contributed by atoms with Gasteiger partial charge in [0.15, 0.2) is 0 Å². The van der Waals surface area contributed by atoms with Crippen LogP contribution in [-0.2, 0) is 11.3 Å². The molecule has 0 bridgehead atoms. The van der Waals surface area contributed by atoms with Gasteiger partial charge in [0.25, 0.3) is 5.91 Å². The molecule has 2 aromatic carbocycles. The first-order valence-corrected chi connectivity index (χ1v) is 9.97. The Bertz CT molecular complexity index is 1000. The molecule has 158 valence electrons. The summed E-state index contributed by atoms with van der Waals surface area (Å²) in [5, 5.41) is 2.97. The Labute approximate surface area is 175 Å². The molecular weight excluding hydrogens is 384 g/mol. The molecule has 0 saturated carbocycles. The Morgan fingerprint density at radius 1 is 1.07 bits per heavy atom. The Morgan fingerprint density at radius 3 is 2.47 bits per heavy atom. The smallest absolute Gasteiger partial charge is 0.258 e. The maximum absolute atomic E-state index is 13.0. The average Bonchev–Trinajstić information content (AvgIpc) is 3.14. The predicted octanol–water partition coefficient (Wildman–Crippen LogP) is 2.64. The van der Waals surface area contributed by atoms with Gasteiger partial charge in [-0.2, -0.15) is 0 Å². The van der Waals surface area contributed by atoms with Gasteiger partial charge in [-0.3, -0.25) is 15.0 Å². The number of hydrogen-bond acceptors (Lipinski definition) is 6. The first-order chi connectivity index (χ1) is 14.7. The van der Waals surface area contributed by atoms with Crippen LogP contribution in [0.5, 0.6) is 11.5 Å². The summed E-state index contributed by atoms with van der Waals surface area (Å²) in [6.07, 6.45) is 0. The number of benzene rings is 2. The molecule has 8 heteroatoms. The van der Waals surface area contributed by atoms with Gasteiger partial charge in [0.05, 0.1) is 38.5 Å². The molecule has 0 unspecified atom stereocenters. The number of morpholine rings is 1. The van der Waals surface area contributed by atoms with Gasteiger partial charge in [0.2, 0.25) is 5.95 Å². The predicted molar refractivity (Wildman–Crippen MR) is 114 cm³/mol. The number of anilines is 1. The lowest BCUT2D eigenvalue weighted by Gasteiger charge is -2.26.